The van der Waals surface area contributed by atoms with Crippen LogP contribution in [0.1, 0.15) is 53.6 Å². The van der Waals surface area contributed by atoms with Gasteiger partial charge >= 0.3 is 12.2 Å². The largest absolute Gasteiger partial charge is 0.467 e. The first kappa shape index (κ1) is 25.4. The molecule has 0 aliphatic heterocycles. The van der Waals surface area contributed by atoms with Crippen LogP contribution in [0.4, 0.5) is 13.2 Å². The number of carbonyl (C=O) groups excluding carboxylic acids is 1. The Kier molecular flexibility index (Phi) is 6.83. The Morgan fingerprint density at radius 3 is 2.63 bits per heavy atom. The number of pyridine rings is 1. The first-order valence-corrected chi connectivity index (χ1v) is 12.1. The van der Waals surface area contributed by atoms with Crippen LogP contribution < -0.4 is 10.1 Å². The van der Waals surface area contributed by atoms with E-state index < -0.39 is 29.6 Å². The summed E-state index contributed by atoms with van der Waals surface area (Å²) in [6, 6.07) is 6.94. The number of fused-ring (bicyclic) bond motifs is 1. The van der Waals surface area contributed by atoms with Crippen molar-refractivity contribution in [2.45, 2.75) is 44.3 Å². The lowest BCUT2D eigenvalue weighted by molar-refractivity contribution is -0.138. The summed E-state index contributed by atoms with van der Waals surface area (Å²) in [5.74, 6) is -0.955. The summed E-state index contributed by atoms with van der Waals surface area (Å²) in [5, 5.41) is 10.7. The van der Waals surface area contributed by atoms with Crippen LogP contribution in [0.25, 0.3) is 22.3 Å². The fraction of sp³-hybridized carbons (Fsp3) is 0.296. The van der Waals surface area contributed by atoms with Crippen LogP contribution in [0.5, 0.6) is 6.01 Å². The molecule has 0 fully saturated rings. The first-order valence-electron chi connectivity index (χ1n) is 12.1. The molecule has 38 heavy (non-hydrogen) atoms. The van der Waals surface area contributed by atoms with Crippen LogP contribution in [0.15, 0.2) is 60.6 Å². The van der Waals surface area contributed by atoms with Crippen molar-refractivity contribution in [2.75, 3.05) is 7.11 Å². The standard InChI is InChI=1S/C27H25F3N6O2/c1-15-7-9-19(18-5-3-4-6-21(18)27(28,29)30)22(10-8-15)34-25(37)16-11-20-23(35-36-24(20)31-12-16)17-13-32-26(38-2)33-14-17/h3-7,11-14,19,22H,8-10H2,1-2H3,(H,34,37)(H,31,35,36)/t19-,22+/m1/s1. The summed E-state index contributed by atoms with van der Waals surface area (Å²) in [5.41, 5.74) is 2.45. The van der Waals surface area contributed by atoms with Gasteiger partial charge in [0.1, 0.15) is 5.69 Å². The maximum Gasteiger partial charge on any atom is 0.416 e. The molecule has 196 valence electrons. The molecule has 5 rings (SSSR count). The van der Waals surface area contributed by atoms with Crippen molar-refractivity contribution in [1.82, 2.24) is 30.5 Å². The molecule has 0 saturated heterocycles. The van der Waals surface area contributed by atoms with Gasteiger partial charge in [0.2, 0.25) is 0 Å². The Morgan fingerprint density at radius 1 is 1.13 bits per heavy atom. The highest BCUT2D eigenvalue weighted by atomic mass is 19.4. The van der Waals surface area contributed by atoms with Gasteiger partial charge in [-0.2, -0.15) is 18.3 Å². The van der Waals surface area contributed by atoms with Gasteiger partial charge in [-0.3, -0.25) is 9.89 Å². The van der Waals surface area contributed by atoms with E-state index in [2.05, 4.69) is 30.5 Å². The summed E-state index contributed by atoms with van der Waals surface area (Å²) in [6.07, 6.45) is 3.58. The summed E-state index contributed by atoms with van der Waals surface area (Å²) in [7, 11) is 1.46. The van der Waals surface area contributed by atoms with E-state index in [-0.39, 0.29) is 17.1 Å². The van der Waals surface area contributed by atoms with Gasteiger partial charge in [0.25, 0.3) is 5.91 Å². The van der Waals surface area contributed by atoms with E-state index in [1.807, 2.05) is 13.0 Å². The smallest absolute Gasteiger partial charge is 0.416 e. The number of halogens is 3. The maximum absolute atomic E-state index is 13.8. The number of benzene rings is 1. The molecule has 1 aliphatic rings. The summed E-state index contributed by atoms with van der Waals surface area (Å²) < 4.78 is 46.5. The Bertz CT molecular complexity index is 1500. The number of ether oxygens (including phenoxy) is 1. The molecular formula is C27H25F3N6O2. The second kappa shape index (κ2) is 10.2. The minimum absolute atomic E-state index is 0.182. The number of H-pyrrole nitrogens is 1. The minimum Gasteiger partial charge on any atom is -0.467 e. The van der Waals surface area contributed by atoms with Gasteiger partial charge in [-0.25, -0.2) is 15.0 Å². The molecule has 0 unspecified atom stereocenters. The molecule has 1 amide bonds. The number of hydrogen-bond donors (Lipinski definition) is 2. The first-order chi connectivity index (χ1) is 18.2. The van der Waals surface area contributed by atoms with E-state index in [9.17, 15) is 18.0 Å². The zero-order valence-electron chi connectivity index (χ0n) is 20.7. The fourth-order valence-electron chi connectivity index (χ4n) is 4.82. The molecule has 4 aromatic rings. The lowest BCUT2D eigenvalue weighted by Crippen LogP contribution is -2.39. The average molecular weight is 523 g/mol. The predicted octanol–water partition coefficient (Wildman–Crippen LogP) is 5.45. The number of nitrogens with zero attached hydrogens (tertiary/aromatic N) is 4. The lowest BCUT2D eigenvalue weighted by atomic mass is 9.84. The Balaban J connectivity index is 1.45. The quantitative estimate of drug-likeness (QED) is 0.338. The second-order valence-corrected chi connectivity index (χ2v) is 9.25. The van der Waals surface area contributed by atoms with Crippen LogP contribution in [0.3, 0.4) is 0 Å². The van der Waals surface area contributed by atoms with Crippen LogP contribution in [-0.4, -0.2) is 44.2 Å². The molecule has 3 aromatic heterocycles. The zero-order valence-corrected chi connectivity index (χ0v) is 20.7. The van der Waals surface area contributed by atoms with E-state index in [4.69, 9.17) is 4.74 Å². The van der Waals surface area contributed by atoms with Gasteiger partial charge in [0.15, 0.2) is 5.65 Å². The molecular weight excluding hydrogens is 497 g/mol. The van der Waals surface area contributed by atoms with E-state index in [1.165, 1.54) is 25.4 Å². The Morgan fingerprint density at radius 2 is 1.89 bits per heavy atom. The average Bonchev–Trinajstić information content (AvgIpc) is 3.25. The highest BCUT2D eigenvalue weighted by molar-refractivity contribution is 6.00. The molecule has 2 N–H and O–H groups in total. The Hall–Kier alpha value is -4.28. The number of carbonyl (C=O) groups is 1. The molecule has 11 heteroatoms. The second-order valence-electron chi connectivity index (χ2n) is 9.25. The SMILES string of the molecule is COc1ncc(-c2n[nH]c3ncc(C(=O)N[C@H]4CCC(C)=CC[C@@H]4c4ccccc4C(F)(F)F)cc23)cn1. The molecule has 1 aliphatic carbocycles. The summed E-state index contributed by atoms with van der Waals surface area (Å²) in [4.78, 5) is 25.9. The lowest BCUT2D eigenvalue weighted by Gasteiger charge is -2.28. The van der Waals surface area contributed by atoms with E-state index in [1.54, 1.807) is 24.5 Å². The summed E-state index contributed by atoms with van der Waals surface area (Å²) in [6.45, 7) is 1.96. The van der Waals surface area contributed by atoms with Crippen LogP contribution in [0, 0.1) is 0 Å². The molecule has 0 bridgehead atoms. The molecule has 3 heterocycles. The third-order valence-electron chi connectivity index (χ3n) is 6.80. The van der Waals surface area contributed by atoms with Crippen molar-refractivity contribution in [2.24, 2.45) is 0 Å². The molecule has 0 radical (unpaired) electrons. The van der Waals surface area contributed by atoms with E-state index in [0.717, 1.165) is 11.6 Å². The van der Waals surface area contributed by atoms with Gasteiger partial charge in [0.05, 0.1) is 18.2 Å². The van der Waals surface area contributed by atoms with Gasteiger partial charge in [0, 0.05) is 41.5 Å². The van der Waals surface area contributed by atoms with Crippen molar-refractivity contribution >= 4 is 16.9 Å². The van der Waals surface area contributed by atoms with Gasteiger partial charge < -0.3 is 10.1 Å². The predicted molar refractivity (Wildman–Crippen MR) is 135 cm³/mol. The van der Waals surface area contributed by atoms with Crippen LogP contribution >= 0.6 is 0 Å². The topological polar surface area (TPSA) is 106 Å². The van der Waals surface area contributed by atoms with Crippen molar-refractivity contribution in [1.29, 1.82) is 0 Å². The third kappa shape index (κ3) is 5.09. The van der Waals surface area contributed by atoms with Crippen molar-refractivity contribution in [3.63, 3.8) is 0 Å². The zero-order chi connectivity index (χ0) is 26.9. The normalized spacial score (nSPS) is 18.1. The molecule has 0 saturated carbocycles. The monoisotopic (exact) mass is 522 g/mol. The number of allylic oxidation sites excluding steroid dienone is 2. The van der Waals surface area contributed by atoms with Crippen molar-refractivity contribution in [3.05, 3.63) is 77.3 Å². The number of amides is 1. The van der Waals surface area contributed by atoms with E-state index >= 15 is 0 Å². The molecule has 1 aromatic carbocycles. The van der Waals surface area contributed by atoms with Gasteiger partial charge in [-0.1, -0.05) is 29.8 Å². The van der Waals surface area contributed by atoms with E-state index in [0.29, 0.717) is 41.6 Å². The maximum atomic E-state index is 13.8. The molecule has 0 spiro atoms. The number of aromatic amines is 1. The van der Waals surface area contributed by atoms with Crippen molar-refractivity contribution in [3.8, 4) is 17.3 Å². The van der Waals surface area contributed by atoms with Gasteiger partial charge in [-0.05, 0) is 43.9 Å². The highest BCUT2D eigenvalue weighted by Gasteiger charge is 2.37. The molecule has 2 atom stereocenters. The summed E-state index contributed by atoms with van der Waals surface area (Å²) >= 11 is 0. The fourth-order valence-corrected chi connectivity index (χ4v) is 4.82. The third-order valence-corrected chi connectivity index (χ3v) is 6.80. The number of alkyl halides is 3. The molecule has 8 nitrogen and oxygen atoms in total. The van der Waals surface area contributed by atoms with Crippen LogP contribution in [0.2, 0.25) is 0 Å². The van der Waals surface area contributed by atoms with Crippen molar-refractivity contribution < 1.29 is 22.7 Å². The van der Waals surface area contributed by atoms with Gasteiger partial charge in [-0.15, -0.1) is 0 Å². The van der Waals surface area contributed by atoms with Crippen LogP contribution in [-0.2, 0) is 6.18 Å². The number of hydrogen-bond acceptors (Lipinski definition) is 6. The number of aromatic nitrogens is 5. The number of methoxy groups -OCH3 is 1. The Labute approximate surface area is 216 Å². The number of rotatable bonds is 5. The number of nitrogens with one attached hydrogen (secondary N) is 2. The minimum atomic E-state index is -4.49. The highest BCUT2D eigenvalue weighted by Crippen LogP contribution is 2.40.